The first-order chi connectivity index (χ1) is 10.1. The van der Waals surface area contributed by atoms with Crippen LogP contribution in [-0.2, 0) is 6.42 Å². The maximum atomic E-state index is 13.1. The van der Waals surface area contributed by atoms with E-state index in [1.807, 2.05) is 6.92 Å². The molecule has 112 valence electrons. The second-order valence-electron chi connectivity index (χ2n) is 5.67. The molecule has 2 rings (SSSR count). The van der Waals surface area contributed by atoms with Crippen LogP contribution in [0.25, 0.3) is 0 Å². The summed E-state index contributed by atoms with van der Waals surface area (Å²) >= 11 is 0. The Kier molecular flexibility index (Phi) is 5.38. The first-order valence-corrected chi connectivity index (χ1v) is 7.71. The van der Waals surface area contributed by atoms with Crippen LogP contribution in [-0.4, -0.2) is 0 Å². The zero-order valence-electron chi connectivity index (χ0n) is 13.1. The molecule has 0 fully saturated rings. The molecule has 0 aromatic heterocycles. The summed E-state index contributed by atoms with van der Waals surface area (Å²) in [6.07, 6.45) is 3.61. The second-order valence-corrected chi connectivity index (χ2v) is 5.67. The highest BCUT2D eigenvalue weighted by Gasteiger charge is 2.07. The third kappa shape index (κ3) is 4.32. The lowest BCUT2D eigenvalue weighted by atomic mass is 10.0. The maximum absolute atomic E-state index is 13.1. The maximum Gasteiger partial charge on any atom is 0.123 e. The molecule has 1 N–H and O–H groups in total. The zero-order chi connectivity index (χ0) is 15.2. The Morgan fingerprint density at radius 3 is 2.43 bits per heavy atom. The van der Waals surface area contributed by atoms with E-state index in [4.69, 9.17) is 0 Å². The Hall–Kier alpha value is -1.83. The van der Waals surface area contributed by atoms with Crippen LogP contribution >= 0.6 is 0 Å². The number of halogens is 1. The zero-order valence-corrected chi connectivity index (χ0v) is 13.1. The molecule has 0 bridgehead atoms. The highest BCUT2D eigenvalue weighted by Crippen LogP contribution is 2.23. The van der Waals surface area contributed by atoms with Gasteiger partial charge in [0, 0.05) is 11.7 Å². The van der Waals surface area contributed by atoms with Crippen LogP contribution in [0.5, 0.6) is 0 Å². The van der Waals surface area contributed by atoms with Crippen molar-refractivity contribution in [3.63, 3.8) is 0 Å². The summed E-state index contributed by atoms with van der Waals surface area (Å²) in [5, 5.41) is 3.45. The third-order valence-electron chi connectivity index (χ3n) is 3.86. The van der Waals surface area contributed by atoms with Gasteiger partial charge in [-0.1, -0.05) is 37.6 Å². The molecular formula is C19H24FN. The fourth-order valence-corrected chi connectivity index (χ4v) is 2.46. The molecule has 0 saturated carbocycles. The van der Waals surface area contributed by atoms with E-state index in [9.17, 15) is 4.39 Å². The molecule has 21 heavy (non-hydrogen) atoms. The van der Waals surface area contributed by atoms with Crippen molar-refractivity contribution >= 4 is 5.69 Å². The van der Waals surface area contributed by atoms with Crippen molar-refractivity contribution in [1.82, 2.24) is 0 Å². The van der Waals surface area contributed by atoms with E-state index in [0.717, 1.165) is 17.7 Å². The number of rotatable bonds is 6. The van der Waals surface area contributed by atoms with Crippen LogP contribution in [0, 0.1) is 12.7 Å². The third-order valence-corrected chi connectivity index (χ3v) is 3.86. The fourth-order valence-electron chi connectivity index (χ4n) is 2.46. The monoisotopic (exact) mass is 285 g/mol. The molecule has 1 nitrogen and oxygen atoms in total. The molecule has 1 atom stereocenters. The van der Waals surface area contributed by atoms with Gasteiger partial charge in [0.2, 0.25) is 0 Å². The molecule has 0 amide bonds. The Bertz CT molecular complexity index is 575. The summed E-state index contributed by atoms with van der Waals surface area (Å²) in [5.74, 6) is -0.189. The Morgan fingerprint density at radius 2 is 1.81 bits per heavy atom. The predicted octanol–water partition coefficient (Wildman–Crippen LogP) is 5.65. The summed E-state index contributed by atoms with van der Waals surface area (Å²) in [7, 11) is 0. The summed E-state index contributed by atoms with van der Waals surface area (Å²) in [6.45, 7) is 6.27. The van der Waals surface area contributed by atoms with Gasteiger partial charge >= 0.3 is 0 Å². The molecule has 2 heteroatoms. The average Bonchev–Trinajstić information content (AvgIpc) is 2.48. The molecule has 2 aromatic rings. The summed E-state index contributed by atoms with van der Waals surface area (Å²) < 4.78 is 13.1. The van der Waals surface area contributed by atoms with E-state index in [-0.39, 0.29) is 11.9 Å². The molecular weight excluding hydrogens is 261 g/mol. The first kappa shape index (κ1) is 15.6. The van der Waals surface area contributed by atoms with Gasteiger partial charge in [-0.15, -0.1) is 0 Å². The van der Waals surface area contributed by atoms with Gasteiger partial charge in [0.1, 0.15) is 5.82 Å². The topological polar surface area (TPSA) is 12.0 Å². The smallest absolute Gasteiger partial charge is 0.123 e. The minimum Gasteiger partial charge on any atom is -0.378 e. The van der Waals surface area contributed by atoms with E-state index in [1.54, 1.807) is 12.1 Å². The minimum atomic E-state index is -0.189. The molecule has 0 radical (unpaired) electrons. The lowest BCUT2D eigenvalue weighted by molar-refractivity contribution is 0.626. The largest absolute Gasteiger partial charge is 0.378 e. The number of aryl methyl sites for hydroxylation is 2. The van der Waals surface area contributed by atoms with Gasteiger partial charge in [0.05, 0.1) is 0 Å². The quantitative estimate of drug-likeness (QED) is 0.723. The van der Waals surface area contributed by atoms with Gasteiger partial charge in [-0.3, -0.25) is 0 Å². The first-order valence-electron chi connectivity index (χ1n) is 7.71. The summed E-state index contributed by atoms with van der Waals surface area (Å²) in [6, 6.07) is 13.8. The van der Waals surface area contributed by atoms with E-state index >= 15 is 0 Å². The molecule has 0 aliphatic heterocycles. The minimum absolute atomic E-state index is 0.189. The lowest BCUT2D eigenvalue weighted by Gasteiger charge is -2.18. The van der Waals surface area contributed by atoms with Crippen LogP contribution in [0.2, 0.25) is 0 Å². The van der Waals surface area contributed by atoms with Gasteiger partial charge in [-0.25, -0.2) is 4.39 Å². The van der Waals surface area contributed by atoms with Gasteiger partial charge in [0.15, 0.2) is 0 Å². The Balaban J connectivity index is 2.04. The molecule has 0 heterocycles. The molecule has 0 spiro atoms. The molecule has 0 aliphatic carbocycles. The van der Waals surface area contributed by atoms with Crippen molar-refractivity contribution in [1.29, 1.82) is 0 Å². The molecule has 0 aliphatic rings. The highest BCUT2D eigenvalue weighted by molar-refractivity contribution is 5.52. The fraction of sp³-hybridized carbons (Fsp3) is 0.368. The highest BCUT2D eigenvalue weighted by atomic mass is 19.1. The summed E-state index contributed by atoms with van der Waals surface area (Å²) in [4.78, 5) is 0. The van der Waals surface area contributed by atoms with Crippen molar-refractivity contribution in [2.24, 2.45) is 0 Å². The number of benzene rings is 2. The van der Waals surface area contributed by atoms with E-state index in [0.29, 0.717) is 0 Å². The van der Waals surface area contributed by atoms with Gasteiger partial charge in [-0.05, 0) is 61.6 Å². The lowest BCUT2D eigenvalue weighted by Crippen LogP contribution is -2.07. The van der Waals surface area contributed by atoms with Crippen LogP contribution in [0.3, 0.4) is 0 Å². The number of hydrogen-bond acceptors (Lipinski definition) is 1. The summed E-state index contributed by atoms with van der Waals surface area (Å²) in [5.41, 5.74) is 4.56. The van der Waals surface area contributed by atoms with Crippen molar-refractivity contribution in [3.8, 4) is 0 Å². The molecule has 2 aromatic carbocycles. The number of hydrogen-bond donors (Lipinski definition) is 1. The Morgan fingerprint density at radius 1 is 1.10 bits per heavy atom. The van der Waals surface area contributed by atoms with Crippen LogP contribution in [0.15, 0.2) is 42.5 Å². The van der Waals surface area contributed by atoms with Crippen LogP contribution < -0.4 is 5.32 Å². The number of anilines is 1. The predicted molar refractivity (Wildman–Crippen MR) is 88.2 cm³/mol. The Labute approximate surface area is 127 Å². The van der Waals surface area contributed by atoms with Gasteiger partial charge in [0.25, 0.3) is 0 Å². The number of unbranched alkanes of at least 4 members (excludes halogenated alkanes) is 1. The standard InChI is InChI=1S/C19H24FN/c1-4-5-6-16-7-9-17(10-8-16)15(3)21-19-12-11-18(20)13-14(19)2/h7-13,15,21H,4-6H2,1-3H3. The van der Waals surface area contributed by atoms with E-state index in [1.165, 1.54) is 30.0 Å². The average molecular weight is 285 g/mol. The number of nitrogens with one attached hydrogen (secondary N) is 1. The van der Waals surface area contributed by atoms with Crippen molar-refractivity contribution in [2.75, 3.05) is 5.32 Å². The van der Waals surface area contributed by atoms with Crippen molar-refractivity contribution in [3.05, 3.63) is 65.0 Å². The van der Waals surface area contributed by atoms with Gasteiger partial charge < -0.3 is 5.32 Å². The molecule has 0 saturated heterocycles. The van der Waals surface area contributed by atoms with Crippen LogP contribution in [0.1, 0.15) is 49.4 Å². The normalized spacial score (nSPS) is 12.2. The van der Waals surface area contributed by atoms with Crippen molar-refractivity contribution < 1.29 is 4.39 Å². The van der Waals surface area contributed by atoms with E-state index in [2.05, 4.69) is 43.4 Å². The SMILES string of the molecule is CCCCc1ccc(C(C)Nc2ccc(F)cc2C)cc1. The van der Waals surface area contributed by atoms with Crippen LogP contribution in [0.4, 0.5) is 10.1 Å². The van der Waals surface area contributed by atoms with Gasteiger partial charge in [-0.2, -0.15) is 0 Å². The molecule has 1 unspecified atom stereocenters. The van der Waals surface area contributed by atoms with Crippen molar-refractivity contribution in [2.45, 2.75) is 46.1 Å². The van der Waals surface area contributed by atoms with E-state index < -0.39 is 0 Å². The second kappa shape index (κ2) is 7.26.